The monoisotopic (exact) mass is 622 g/mol. The first-order valence-corrected chi connectivity index (χ1v) is 13.5. The SMILES string of the molecule is O=C(Nc1ccc(Cl)cc1)c1ccc2c(N=Nc3cc(Cl)ccc3Cl)c(O)c(C(=O)Nc3ccc(Cl)cc3)cc2c1. The number of fused-ring (bicyclic) bond motifs is 1. The summed E-state index contributed by atoms with van der Waals surface area (Å²) in [4.78, 5) is 26.3. The maximum atomic E-state index is 13.3. The van der Waals surface area contributed by atoms with Crippen LogP contribution in [0.5, 0.6) is 5.75 Å². The molecule has 0 unspecified atom stereocenters. The molecule has 0 spiro atoms. The molecule has 0 aromatic heterocycles. The molecule has 0 bridgehead atoms. The van der Waals surface area contributed by atoms with Gasteiger partial charge in [-0.15, -0.1) is 10.2 Å². The number of rotatable bonds is 6. The van der Waals surface area contributed by atoms with E-state index in [1.54, 1.807) is 78.9 Å². The quantitative estimate of drug-likeness (QED) is 0.164. The maximum Gasteiger partial charge on any atom is 0.259 e. The highest BCUT2D eigenvalue weighted by Gasteiger charge is 2.20. The molecule has 3 N–H and O–H groups in total. The number of halogens is 4. The summed E-state index contributed by atoms with van der Waals surface area (Å²) in [6.45, 7) is 0. The van der Waals surface area contributed by atoms with Crippen molar-refractivity contribution in [2.75, 3.05) is 10.6 Å². The van der Waals surface area contributed by atoms with Crippen LogP contribution in [-0.2, 0) is 0 Å². The smallest absolute Gasteiger partial charge is 0.259 e. The Hall–Kier alpha value is -4.14. The zero-order valence-corrected chi connectivity index (χ0v) is 23.9. The second-order valence-corrected chi connectivity index (χ2v) is 10.5. The summed E-state index contributed by atoms with van der Waals surface area (Å²) in [7, 11) is 0. The van der Waals surface area contributed by atoms with Gasteiger partial charge < -0.3 is 15.7 Å². The minimum absolute atomic E-state index is 0.00413. The number of phenolic OH excluding ortho intramolecular Hbond substituents is 1. The molecule has 0 aliphatic rings. The van der Waals surface area contributed by atoms with Crippen LogP contribution in [0.3, 0.4) is 0 Å². The third-order valence-corrected chi connectivity index (χ3v) is 7.02. The van der Waals surface area contributed by atoms with Gasteiger partial charge in [0.05, 0.1) is 10.6 Å². The van der Waals surface area contributed by atoms with Crippen molar-refractivity contribution in [3.63, 3.8) is 0 Å². The number of hydrogen-bond donors (Lipinski definition) is 3. The van der Waals surface area contributed by atoms with Crippen molar-refractivity contribution in [2.24, 2.45) is 10.2 Å². The fraction of sp³-hybridized carbons (Fsp3) is 0. The number of hydrogen-bond acceptors (Lipinski definition) is 5. The van der Waals surface area contributed by atoms with Crippen LogP contribution < -0.4 is 10.6 Å². The molecule has 0 saturated carbocycles. The van der Waals surface area contributed by atoms with E-state index >= 15 is 0 Å². The van der Waals surface area contributed by atoms with Crippen molar-refractivity contribution < 1.29 is 14.7 Å². The Kier molecular flexibility index (Phi) is 8.42. The van der Waals surface area contributed by atoms with Crippen LogP contribution in [0.1, 0.15) is 20.7 Å². The average Bonchev–Trinajstić information content (AvgIpc) is 2.96. The molecular formula is C30H18Cl4N4O3. The minimum Gasteiger partial charge on any atom is -0.505 e. The summed E-state index contributed by atoms with van der Waals surface area (Å²) < 4.78 is 0. The van der Waals surface area contributed by atoms with E-state index in [0.29, 0.717) is 47.8 Å². The normalized spacial score (nSPS) is 11.1. The van der Waals surface area contributed by atoms with E-state index in [0.717, 1.165) is 0 Å². The molecule has 0 radical (unpaired) electrons. The number of nitrogens with zero attached hydrogens (tertiary/aromatic N) is 2. The molecule has 5 rings (SSSR count). The van der Waals surface area contributed by atoms with Crippen molar-refractivity contribution in [1.29, 1.82) is 0 Å². The number of nitrogens with one attached hydrogen (secondary N) is 2. The maximum absolute atomic E-state index is 13.3. The Balaban J connectivity index is 1.58. The first-order valence-electron chi connectivity index (χ1n) is 12.0. The van der Waals surface area contributed by atoms with Gasteiger partial charge in [0, 0.05) is 37.4 Å². The molecule has 5 aromatic rings. The fourth-order valence-electron chi connectivity index (χ4n) is 3.93. The Morgan fingerprint density at radius 1 is 0.634 bits per heavy atom. The number of anilines is 2. The van der Waals surface area contributed by atoms with Crippen LogP contribution in [0, 0.1) is 0 Å². The third kappa shape index (κ3) is 6.61. The van der Waals surface area contributed by atoms with Crippen molar-refractivity contribution in [3.8, 4) is 5.75 Å². The van der Waals surface area contributed by atoms with Gasteiger partial charge in [0.15, 0.2) is 5.75 Å². The lowest BCUT2D eigenvalue weighted by atomic mass is 10.0. The largest absolute Gasteiger partial charge is 0.505 e. The highest BCUT2D eigenvalue weighted by molar-refractivity contribution is 6.35. The first-order chi connectivity index (χ1) is 19.7. The average molecular weight is 624 g/mol. The molecule has 0 saturated heterocycles. The third-order valence-electron chi connectivity index (χ3n) is 5.96. The summed E-state index contributed by atoms with van der Waals surface area (Å²) in [6, 6.07) is 24.1. The van der Waals surface area contributed by atoms with Crippen molar-refractivity contribution >= 4 is 91.7 Å². The van der Waals surface area contributed by atoms with Gasteiger partial charge in [0.1, 0.15) is 11.4 Å². The summed E-state index contributed by atoms with van der Waals surface area (Å²) in [5.41, 5.74) is 1.51. The molecule has 0 atom stereocenters. The van der Waals surface area contributed by atoms with E-state index in [4.69, 9.17) is 46.4 Å². The summed E-state index contributed by atoms with van der Waals surface area (Å²) >= 11 is 24.2. The topological polar surface area (TPSA) is 103 Å². The molecule has 0 heterocycles. The van der Waals surface area contributed by atoms with E-state index in [1.165, 1.54) is 12.1 Å². The molecule has 2 amide bonds. The summed E-state index contributed by atoms with van der Waals surface area (Å²) in [6.07, 6.45) is 0. The lowest BCUT2D eigenvalue weighted by Gasteiger charge is -2.13. The molecule has 0 aliphatic heterocycles. The molecule has 41 heavy (non-hydrogen) atoms. The van der Waals surface area contributed by atoms with Crippen LogP contribution in [-0.4, -0.2) is 16.9 Å². The zero-order valence-electron chi connectivity index (χ0n) is 20.8. The first kappa shape index (κ1) is 28.4. The van der Waals surface area contributed by atoms with Crippen LogP contribution in [0.15, 0.2) is 101 Å². The van der Waals surface area contributed by atoms with Gasteiger partial charge in [-0.2, -0.15) is 0 Å². The molecule has 0 fully saturated rings. The van der Waals surface area contributed by atoms with E-state index in [9.17, 15) is 14.7 Å². The van der Waals surface area contributed by atoms with Crippen LogP contribution >= 0.6 is 46.4 Å². The van der Waals surface area contributed by atoms with Gasteiger partial charge in [-0.05, 0) is 90.3 Å². The van der Waals surface area contributed by atoms with E-state index < -0.39 is 11.7 Å². The van der Waals surface area contributed by atoms with Crippen LogP contribution in [0.25, 0.3) is 10.8 Å². The van der Waals surface area contributed by atoms with Crippen LogP contribution in [0.4, 0.5) is 22.7 Å². The molecule has 11 heteroatoms. The molecule has 7 nitrogen and oxygen atoms in total. The number of carbonyl (C=O) groups is 2. The summed E-state index contributed by atoms with van der Waals surface area (Å²) in [5.74, 6) is -1.41. The van der Waals surface area contributed by atoms with Gasteiger partial charge in [-0.25, -0.2) is 0 Å². The van der Waals surface area contributed by atoms with Gasteiger partial charge in [-0.1, -0.05) is 52.5 Å². The Labute approximate surface area is 254 Å². The lowest BCUT2D eigenvalue weighted by molar-refractivity contribution is 0.101. The highest BCUT2D eigenvalue weighted by atomic mass is 35.5. The van der Waals surface area contributed by atoms with Crippen molar-refractivity contribution in [3.05, 3.63) is 122 Å². The number of azo groups is 1. The van der Waals surface area contributed by atoms with E-state index in [-0.39, 0.29) is 22.8 Å². The Bertz CT molecular complexity index is 1830. The van der Waals surface area contributed by atoms with E-state index in [2.05, 4.69) is 20.9 Å². The van der Waals surface area contributed by atoms with Crippen LogP contribution in [0.2, 0.25) is 20.1 Å². The second kappa shape index (κ2) is 12.2. The minimum atomic E-state index is -0.611. The predicted octanol–water partition coefficient (Wildman–Crippen LogP) is 10.1. The summed E-state index contributed by atoms with van der Waals surface area (Å²) in [5, 5.41) is 27.8. The van der Waals surface area contributed by atoms with Gasteiger partial charge in [-0.3, -0.25) is 9.59 Å². The van der Waals surface area contributed by atoms with Crippen molar-refractivity contribution in [1.82, 2.24) is 0 Å². The van der Waals surface area contributed by atoms with Gasteiger partial charge in [0.25, 0.3) is 11.8 Å². The second-order valence-electron chi connectivity index (χ2n) is 8.78. The zero-order chi connectivity index (χ0) is 29.1. The fourth-order valence-corrected chi connectivity index (χ4v) is 4.50. The van der Waals surface area contributed by atoms with Gasteiger partial charge in [0.2, 0.25) is 0 Å². The molecule has 204 valence electrons. The Morgan fingerprint density at radius 3 is 1.85 bits per heavy atom. The lowest BCUT2D eigenvalue weighted by Crippen LogP contribution is -2.13. The Morgan fingerprint density at radius 2 is 1.22 bits per heavy atom. The number of amides is 2. The number of benzene rings is 5. The standard InChI is InChI=1S/C30H18Cl4N4O3/c31-18-2-7-21(8-3-18)35-29(40)16-1-11-23-17(13-16)14-24(30(41)36-22-9-4-19(32)5-10-22)28(39)27(23)38-37-26-15-20(33)6-12-25(26)34/h1-15,39H,(H,35,40)(H,36,41). The number of phenols is 1. The molecule has 5 aromatic carbocycles. The molecule has 0 aliphatic carbocycles. The van der Waals surface area contributed by atoms with Gasteiger partial charge >= 0.3 is 0 Å². The highest BCUT2D eigenvalue weighted by Crippen LogP contribution is 2.41. The number of aromatic hydroxyl groups is 1. The number of carbonyl (C=O) groups excluding carboxylic acids is 2. The predicted molar refractivity (Wildman–Crippen MR) is 165 cm³/mol. The van der Waals surface area contributed by atoms with Crippen molar-refractivity contribution in [2.45, 2.75) is 0 Å². The molecular weight excluding hydrogens is 606 g/mol. The van der Waals surface area contributed by atoms with E-state index in [1.807, 2.05) is 0 Å².